The van der Waals surface area contributed by atoms with Crippen LogP contribution in [0.2, 0.25) is 5.02 Å². The van der Waals surface area contributed by atoms with Gasteiger partial charge in [-0.1, -0.05) is 47.6 Å². The molecule has 1 aromatic heterocycles. The van der Waals surface area contributed by atoms with Crippen LogP contribution in [0.25, 0.3) is 0 Å². The van der Waals surface area contributed by atoms with E-state index in [9.17, 15) is 14.7 Å². The molecule has 0 spiro atoms. The molecule has 2 aromatic carbocycles. The number of aromatic nitrogens is 3. The Balaban J connectivity index is 1.70. The van der Waals surface area contributed by atoms with Crippen molar-refractivity contribution in [3.05, 3.63) is 83.2 Å². The quantitative estimate of drug-likeness (QED) is 0.299. The number of allylic oxidation sites excluding steroid dienone is 1. The number of nitrogens with zero attached hydrogens (tertiary/aromatic N) is 3. The third kappa shape index (κ3) is 6.44. The van der Waals surface area contributed by atoms with Crippen molar-refractivity contribution in [1.82, 2.24) is 20.1 Å². The molecule has 172 valence electrons. The molecule has 0 radical (unpaired) electrons. The molecule has 3 aromatic rings. The predicted molar refractivity (Wildman–Crippen MR) is 129 cm³/mol. The number of nitrogens with one attached hydrogen (secondary N) is 2. The van der Waals surface area contributed by atoms with Gasteiger partial charge in [0, 0.05) is 22.8 Å². The van der Waals surface area contributed by atoms with E-state index < -0.39 is 6.04 Å². The lowest BCUT2D eigenvalue weighted by molar-refractivity contribution is -0.113. The first kappa shape index (κ1) is 24.5. The van der Waals surface area contributed by atoms with Crippen molar-refractivity contribution < 1.29 is 14.7 Å². The Hall–Kier alpha value is -3.14. The highest BCUT2D eigenvalue weighted by atomic mass is 35.5. The first-order valence-electron chi connectivity index (χ1n) is 10.1. The predicted octanol–water partition coefficient (Wildman–Crippen LogP) is 3.62. The largest absolute Gasteiger partial charge is 0.394 e. The second-order valence-electron chi connectivity index (χ2n) is 7.11. The van der Waals surface area contributed by atoms with Crippen LogP contribution in [0, 0.1) is 6.92 Å². The summed E-state index contributed by atoms with van der Waals surface area (Å²) in [5.41, 5.74) is 2.01. The van der Waals surface area contributed by atoms with Crippen molar-refractivity contribution in [2.24, 2.45) is 0 Å². The topological polar surface area (TPSA) is 109 Å². The lowest BCUT2D eigenvalue weighted by atomic mass is 10.2. The minimum Gasteiger partial charge on any atom is -0.394 e. The number of benzene rings is 2. The summed E-state index contributed by atoms with van der Waals surface area (Å²) < 4.78 is 1.71. The van der Waals surface area contributed by atoms with Gasteiger partial charge >= 0.3 is 0 Å². The second kappa shape index (κ2) is 11.6. The van der Waals surface area contributed by atoms with Gasteiger partial charge in [-0.2, -0.15) is 0 Å². The number of rotatable bonds is 10. The highest BCUT2D eigenvalue weighted by molar-refractivity contribution is 7.99. The second-order valence-corrected chi connectivity index (χ2v) is 8.49. The Morgan fingerprint density at radius 1 is 1.24 bits per heavy atom. The molecule has 10 heteroatoms. The van der Waals surface area contributed by atoms with E-state index in [-0.39, 0.29) is 24.2 Å². The summed E-state index contributed by atoms with van der Waals surface area (Å²) in [6, 6.07) is 13.2. The van der Waals surface area contributed by atoms with E-state index >= 15 is 0 Å². The molecule has 1 unspecified atom stereocenters. The monoisotopic (exact) mass is 485 g/mol. The van der Waals surface area contributed by atoms with E-state index in [1.165, 1.54) is 11.8 Å². The molecule has 33 heavy (non-hydrogen) atoms. The Labute approximate surface area is 201 Å². The molecule has 0 bridgehead atoms. The van der Waals surface area contributed by atoms with Crippen molar-refractivity contribution >= 4 is 40.9 Å². The average Bonchev–Trinajstić information content (AvgIpc) is 3.21. The summed E-state index contributed by atoms with van der Waals surface area (Å²) in [6.07, 6.45) is 1.65. The summed E-state index contributed by atoms with van der Waals surface area (Å²) in [7, 11) is 0. The zero-order chi connectivity index (χ0) is 23.8. The number of thioether (sulfide) groups is 1. The van der Waals surface area contributed by atoms with Crippen LogP contribution >= 0.6 is 23.4 Å². The van der Waals surface area contributed by atoms with Crippen LogP contribution in [0.1, 0.15) is 27.8 Å². The summed E-state index contributed by atoms with van der Waals surface area (Å²) in [6.45, 7) is 5.60. The van der Waals surface area contributed by atoms with Gasteiger partial charge in [0.15, 0.2) is 11.0 Å². The molecule has 0 saturated heterocycles. The zero-order valence-electron chi connectivity index (χ0n) is 18.0. The Bertz CT molecular complexity index is 1140. The highest BCUT2D eigenvalue weighted by Gasteiger charge is 2.23. The van der Waals surface area contributed by atoms with E-state index in [0.717, 1.165) is 5.56 Å². The summed E-state index contributed by atoms with van der Waals surface area (Å²) in [5.74, 6) is -0.0820. The van der Waals surface area contributed by atoms with Gasteiger partial charge in [0.1, 0.15) is 6.04 Å². The number of carbonyl (C=O) groups is 2. The third-order valence-electron chi connectivity index (χ3n) is 4.69. The van der Waals surface area contributed by atoms with Crippen molar-refractivity contribution in [1.29, 1.82) is 0 Å². The molecular formula is C23H24ClN5O3S. The van der Waals surface area contributed by atoms with E-state index in [4.69, 9.17) is 11.6 Å². The molecule has 8 nitrogen and oxygen atoms in total. The van der Waals surface area contributed by atoms with E-state index in [1.807, 2.05) is 13.0 Å². The molecule has 0 aliphatic rings. The fourth-order valence-corrected chi connectivity index (χ4v) is 4.05. The van der Waals surface area contributed by atoms with Gasteiger partial charge in [-0.3, -0.25) is 9.59 Å². The van der Waals surface area contributed by atoms with E-state index in [0.29, 0.717) is 33.8 Å². The van der Waals surface area contributed by atoms with Gasteiger partial charge in [0.2, 0.25) is 5.91 Å². The van der Waals surface area contributed by atoms with E-state index in [2.05, 4.69) is 27.4 Å². The highest BCUT2D eigenvalue weighted by Crippen LogP contribution is 2.23. The molecule has 0 saturated carbocycles. The number of aliphatic hydroxyl groups excluding tert-OH is 1. The van der Waals surface area contributed by atoms with Crippen LogP contribution in [0.5, 0.6) is 0 Å². The van der Waals surface area contributed by atoms with Crippen LogP contribution < -0.4 is 10.6 Å². The molecule has 2 amide bonds. The van der Waals surface area contributed by atoms with Gasteiger partial charge in [-0.05, 0) is 42.8 Å². The minimum absolute atomic E-state index is 0.0948. The Kier molecular flexibility index (Phi) is 8.65. The molecule has 0 aliphatic heterocycles. The van der Waals surface area contributed by atoms with Gasteiger partial charge in [0.05, 0.1) is 12.4 Å². The Morgan fingerprint density at radius 3 is 2.67 bits per heavy atom. The molecule has 3 rings (SSSR count). The molecule has 1 heterocycles. The van der Waals surface area contributed by atoms with Crippen LogP contribution in [-0.2, 0) is 11.3 Å². The number of hydrogen-bond acceptors (Lipinski definition) is 6. The van der Waals surface area contributed by atoms with Crippen molar-refractivity contribution in [2.45, 2.75) is 24.7 Å². The molecule has 0 fully saturated rings. The van der Waals surface area contributed by atoms with E-state index in [1.54, 1.807) is 53.1 Å². The van der Waals surface area contributed by atoms with Crippen molar-refractivity contribution in [3.63, 3.8) is 0 Å². The first-order chi connectivity index (χ1) is 15.9. The summed E-state index contributed by atoms with van der Waals surface area (Å²) in [4.78, 5) is 25.0. The third-order valence-corrected chi connectivity index (χ3v) is 5.89. The minimum atomic E-state index is -0.773. The number of amides is 2. The SMILES string of the molecule is C=CCn1c(SCC(=O)Nc2ccc(Cl)cc2C)nnc1C(CO)NC(=O)c1ccccc1. The average molecular weight is 486 g/mol. The fourth-order valence-electron chi connectivity index (χ4n) is 3.07. The smallest absolute Gasteiger partial charge is 0.251 e. The maximum absolute atomic E-state index is 12.5. The number of carbonyl (C=O) groups excluding carboxylic acids is 2. The van der Waals surface area contributed by atoms with Gasteiger partial charge < -0.3 is 20.3 Å². The number of aryl methyl sites for hydroxylation is 1. The zero-order valence-corrected chi connectivity index (χ0v) is 19.6. The van der Waals surface area contributed by atoms with Crippen molar-refractivity contribution in [2.75, 3.05) is 17.7 Å². The van der Waals surface area contributed by atoms with Crippen LogP contribution in [-0.4, -0.2) is 44.0 Å². The maximum atomic E-state index is 12.5. The number of aliphatic hydroxyl groups is 1. The Morgan fingerprint density at radius 2 is 2.00 bits per heavy atom. The molecule has 1 atom stereocenters. The van der Waals surface area contributed by atoms with Gasteiger partial charge in [-0.15, -0.1) is 16.8 Å². The van der Waals surface area contributed by atoms with Crippen LogP contribution in [0.15, 0.2) is 66.3 Å². The number of halogens is 1. The van der Waals surface area contributed by atoms with Crippen LogP contribution in [0.4, 0.5) is 5.69 Å². The lowest BCUT2D eigenvalue weighted by Gasteiger charge is -2.17. The number of anilines is 1. The summed E-state index contributed by atoms with van der Waals surface area (Å²) in [5, 5.41) is 24.9. The standard InChI is InChI=1S/C23H24ClN5O3S/c1-3-11-29-21(19(13-30)26-22(32)16-7-5-4-6-8-16)27-28-23(29)33-14-20(31)25-18-10-9-17(24)12-15(18)2/h3-10,12,19,30H,1,11,13-14H2,2H3,(H,25,31)(H,26,32). The van der Waals surface area contributed by atoms with Gasteiger partial charge in [-0.25, -0.2) is 0 Å². The van der Waals surface area contributed by atoms with Crippen molar-refractivity contribution in [3.8, 4) is 0 Å². The first-order valence-corrected chi connectivity index (χ1v) is 11.5. The maximum Gasteiger partial charge on any atom is 0.251 e. The number of hydrogen-bond donors (Lipinski definition) is 3. The lowest BCUT2D eigenvalue weighted by Crippen LogP contribution is -2.33. The molecular weight excluding hydrogens is 462 g/mol. The summed E-state index contributed by atoms with van der Waals surface area (Å²) >= 11 is 7.16. The van der Waals surface area contributed by atoms with Gasteiger partial charge in [0.25, 0.3) is 5.91 Å². The fraction of sp³-hybridized carbons (Fsp3) is 0.217. The normalized spacial score (nSPS) is 11.6. The van der Waals surface area contributed by atoms with Crippen LogP contribution in [0.3, 0.4) is 0 Å². The molecule has 0 aliphatic carbocycles. The molecule has 3 N–H and O–H groups in total.